The smallest absolute Gasteiger partial charge is 0.278 e. The van der Waals surface area contributed by atoms with Crippen LogP contribution in [0.4, 0.5) is 5.95 Å². The van der Waals surface area contributed by atoms with Crippen LogP contribution in [-0.2, 0) is 13.6 Å². The lowest BCUT2D eigenvalue weighted by Gasteiger charge is -2.04. The Kier molecular flexibility index (Phi) is 5.31. The maximum absolute atomic E-state index is 12.8. The molecule has 0 saturated carbocycles. The zero-order valence-corrected chi connectivity index (χ0v) is 19.1. The third-order valence-electron chi connectivity index (χ3n) is 5.21. The minimum atomic E-state index is -0.448. The predicted octanol–water partition coefficient (Wildman–Crippen LogP) is 3.64. The largest absolute Gasteiger partial charge is 0.288 e. The fourth-order valence-electron chi connectivity index (χ4n) is 3.38. The maximum Gasteiger partial charge on any atom is 0.278 e. The van der Waals surface area contributed by atoms with Gasteiger partial charge in [0, 0.05) is 40.6 Å². The zero-order chi connectivity index (χ0) is 23.1. The number of anilines is 1. The summed E-state index contributed by atoms with van der Waals surface area (Å²) < 4.78 is 4.96. The normalized spacial score (nSPS) is 11.3. The summed E-state index contributed by atoms with van der Waals surface area (Å²) in [7, 11) is 1.87. The first-order chi connectivity index (χ1) is 15.9. The summed E-state index contributed by atoms with van der Waals surface area (Å²) in [5, 5.41) is 16.8. The number of nitrogens with one attached hydrogen (secondary N) is 1. The van der Waals surface area contributed by atoms with Crippen LogP contribution in [0.2, 0.25) is 10.0 Å². The molecule has 12 heteroatoms. The lowest BCUT2D eigenvalue weighted by molar-refractivity contribution is 0.102. The molecule has 0 saturated heterocycles. The van der Waals surface area contributed by atoms with Gasteiger partial charge in [-0.15, -0.1) is 5.10 Å². The average Bonchev–Trinajstić information content (AvgIpc) is 3.50. The molecule has 166 valence electrons. The molecule has 1 N–H and O–H groups in total. The summed E-state index contributed by atoms with van der Waals surface area (Å²) >= 11 is 12.2. The summed E-state index contributed by atoms with van der Waals surface area (Å²) in [4.78, 5) is 21.3. The van der Waals surface area contributed by atoms with E-state index >= 15 is 0 Å². The van der Waals surface area contributed by atoms with E-state index in [2.05, 4.69) is 30.6 Å². The van der Waals surface area contributed by atoms with E-state index in [-0.39, 0.29) is 11.6 Å². The molecule has 5 aromatic rings. The van der Waals surface area contributed by atoms with Crippen molar-refractivity contribution in [2.24, 2.45) is 7.05 Å². The van der Waals surface area contributed by atoms with Crippen molar-refractivity contribution in [3.05, 3.63) is 76.0 Å². The molecule has 1 amide bonds. The highest BCUT2D eigenvalue weighted by Gasteiger charge is 2.17. The number of halogens is 2. The average molecular weight is 482 g/mol. The monoisotopic (exact) mass is 481 g/mol. The highest BCUT2D eigenvalue weighted by Crippen LogP contribution is 2.24. The summed E-state index contributed by atoms with van der Waals surface area (Å²) in [6.45, 7) is 2.34. The fourth-order valence-corrected chi connectivity index (χ4v) is 3.85. The van der Waals surface area contributed by atoms with Crippen LogP contribution in [0.25, 0.3) is 16.9 Å². The van der Waals surface area contributed by atoms with Crippen LogP contribution in [0.3, 0.4) is 0 Å². The number of carbonyl (C=O) groups is 1. The number of rotatable bonds is 5. The molecule has 0 aliphatic heterocycles. The van der Waals surface area contributed by atoms with E-state index < -0.39 is 5.91 Å². The second-order valence-corrected chi connectivity index (χ2v) is 8.20. The second-order valence-electron chi connectivity index (χ2n) is 7.35. The number of aryl methyl sites for hydroxylation is 1. The highest BCUT2D eigenvalue weighted by molar-refractivity contribution is 6.35. The molecule has 0 fully saturated rings. The van der Waals surface area contributed by atoms with Crippen molar-refractivity contribution < 1.29 is 4.79 Å². The lowest BCUT2D eigenvalue weighted by Crippen LogP contribution is -2.14. The van der Waals surface area contributed by atoms with E-state index in [1.807, 2.05) is 26.1 Å². The minimum absolute atomic E-state index is 0.151. The van der Waals surface area contributed by atoms with Crippen LogP contribution in [-0.4, -0.2) is 45.1 Å². The van der Waals surface area contributed by atoms with Crippen molar-refractivity contribution in [3.63, 3.8) is 0 Å². The Hall–Kier alpha value is -3.76. The van der Waals surface area contributed by atoms with Gasteiger partial charge < -0.3 is 0 Å². The third kappa shape index (κ3) is 4.06. The first kappa shape index (κ1) is 21.1. The molecule has 5 rings (SSSR count). The zero-order valence-electron chi connectivity index (χ0n) is 17.6. The van der Waals surface area contributed by atoms with Gasteiger partial charge in [0.25, 0.3) is 5.91 Å². The number of amides is 1. The highest BCUT2D eigenvalue weighted by atomic mass is 35.5. The van der Waals surface area contributed by atoms with Crippen molar-refractivity contribution in [1.29, 1.82) is 0 Å². The van der Waals surface area contributed by atoms with Gasteiger partial charge in [0.05, 0.1) is 18.4 Å². The molecule has 0 spiro atoms. The SMILES string of the molecule is Cc1c(-c2ccnc3cc(C(=O)Nc4ncn(Cc5ccc(Cl)cc5Cl)n4)nn23)cnn1C. The lowest BCUT2D eigenvalue weighted by atomic mass is 10.2. The molecule has 1 aromatic carbocycles. The third-order valence-corrected chi connectivity index (χ3v) is 5.80. The number of hydrogen-bond acceptors (Lipinski definition) is 6. The van der Waals surface area contributed by atoms with Gasteiger partial charge in [0.2, 0.25) is 5.95 Å². The van der Waals surface area contributed by atoms with Gasteiger partial charge in [-0.05, 0) is 30.7 Å². The van der Waals surface area contributed by atoms with Crippen LogP contribution in [0.5, 0.6) is 0 Å². The number of carbonyl (C=O) groups excluding carboxylic acids is 1. The minimum Gasteiger partial charge on any atom is -0.288 e. The van der Waals surface area contributed by atoms with Crippen molar-refractivity contribution in [3.8, 4) is 11.3 Å². The Balaban J connectivity index is 1.37. The number of aromatic nitrogens is 8. The number of benzene rings is 1. The molecule has 0 aliphatic rings. The van der Waals surface area contributed by atoms with Gasteiger partial charge in [-0.25, -0.2) is 19.2 Å². The number of nitrogens with zero attached hydrogens (tertiary/aromatic N) is 8. The molecule has 0 radical (unpaired) electrons. The maximum atomic E-state index is 12.8. The van der Waals surface area contributed by atoms with Crippen molar-refractivity contribution in [1.82, 2.24) is 39.1 Å². The Labute approximate surface area is 197 Å². The van der Waals surface area contributed by atoms with Gasteiger partial charge in [0.15, 0.2) is 11.3 Å². The standard InChI is InChI=1S/C21H17Cl2N9O/c1-12-15(9-26-30(12)2)18-5-6-24-19-8-17(28-32(18)19)20(33)27-21-25-11-31(29-21)10-13-3-4-14(22)7-16(13)23/h3-9,11H,10H2,1-2H3,(H,27,29,33). The molecule has 4 aromatic heterocycles. The van der Waals surface area contributed by atoms with Crippen LogP contribution in [0, 0.1) is 6.92 Å². The molecule has 0 unspecified atom stereocenters. The molecular weight excluding hydrogens is 465 g/mol. The van der Waals surface area contributed by atoms with Gasteiger partial charge >= 0.3 is 0 Å². The second kappa shape index (κ2) is 8.30. The Morgan fingerprint density at radius 3 is 2.73 bits per heavy atom. The molecule has 0 bridgehead atoms. The van der Waals surface area contributed by atoms with Crippen LogP contribution in [0.1, 0.15) is 21.7 Å². The molecular formula is C21H17Cl2N9O. The summed E-state index contributed by atoms with van der Waals surface area (Å²) in [6, 6.07) is 8.67. The van der Waals surface area contributed by atoms with Crippen molar-refractivity contribution in [2.75, 3.05) is 5.32 Å². The van der Waals surface area contributed by atoms with Crippen LogP contribution < -0.4 is 5.32 Å². The summed E-state index contributed by atoms with van der Waals surface area (Å²) in [6.07, 6.45) is 4.94. The van der Waals surface area contributed by atoms with E-state index in [9.17, 15) is 4.79 Å². The number of fused-ring (bicyclic) bond motifs is 1. The molecule has 4 heterocycles. The summed E-state index contributed by atoms with van der Waals surface area (Å²) in [5.41, 5.74) is 4.21. The molecule has 33 heavy (non-hydrogen) atoms. The molecule has 0 atom stereocenters. The molecule has 10 nitrogen and oxygen atoms in total. The van der Waals surface area contributed by atoms with Crippen molar-refractivity contribution in [2.45, 2.75) is 13.5 Å². The van der Waals surface area contributed by atoms with E-state index in [0.717, 1.165) is 22.5 Å². The first-order valence-corrected chi connectivity index (χ1v) is 10.6. The number of hydrogen-bond donors (Lipinski definition) is 1. The van der Waals surface area contributed by atoms with Crippen LogP contribution >= 0.6 is 23.2 Å². The quantitative estimate of drug-likeness (QED) is 0.410. The topological polar surface area (TPSA) is 108 Å². The summed E-state index contributed by atoms with van der Waals surface area (Å²) in [5.74, 6) is -0.296. The fraction of sp³-hybridized carbons (Fsp3) is 0.143. The van der Waals surface area contributed by atoms with E-state index in [1.54, 1.807) is 44.5 Å². The van der Waals surface area contributed by atoms with Gasteiger partial charge in [-0.3, -0.25) is 14.8 Å². The van der Waals surface area contributed by atoms with E-state index in [0.29, 0.717) is 22.2 Å². The van der Waals surface area contributed by atoms with Gasteiger partial charge in [0.1, 0.15) is 6.33 Å². The van der Waals surface area contributed by atoms with E-state index in [4.69, 9.17) is 23.2 Å². The molecule has 0 aliphatic carbocycles. The van der Waals surface area contributed by atoms with Gasteiger partial charge in [-0.2, -0.15) is 10.2 Å². The first-order valence-electron chi connectivity index (χ1n) is 9.87. The predicted molar refractivity (Wildman–Crippen MR) is 123 cm³/mol. The Bertz CT molecular complexity index is 1500. The van der Waals surface area contributed by atoms with Crippen LogP contribution in [0.15, 0.2) is 49.1 Å². The Morgan fingerprint density at radius 2 is 1.97 bits per heavy atom. The van der Waals surface area contributed by atoms with Crippen molar-refractivity contribution >= 4 is 40.7 Å². The van der Waals surface area contributed by atoms with Gasteiger partial charge in [-0.1, -0.05) is 29.3 Å². The Morgan fingerprint density at radius 1 is 1.12 bits per heavy atom. The van der Waals surface area contributed by atoms with E-state index in [1.165, 1.54) is 6.33 Å².